The van der Waals surface area contributed by atoms with E-state index in [0.29, 0.717) is 35.9 Å². The molecule has 0 aromatic rings. The zero-order valence-electron chi connectivity index (χ0n) is 21.2. The molecular weight excluding hydrogens is 448 g/mol. The number of halogens is 1. The van der Waals surface area contributed by atoms with E-state index in [1.807, 2.05) is 6.08 Å². The molecule has 0 aromatic heterocycles. The second-order valence-corrected chi connectivity index (χ2v) is 12.1. The number of hydrogen-bond donors (Lipinski definition) is 0. The highest BCUT2D eigenvalue weighted by atomic mass is 35.5. The maximum Gasteiger partial charge on any atom is 0.302 e. The molecule has 0 aliphatic heterocycles. The first-order valence-corrected chi connectivity index (χ1v) is 14.4. The number of fused-ring (bicyclic) bond motifs is 5. The molecule has 4 aliphatic rings. The predicted molar refractivity (Wildman–Crippen MR) is 135 cm³/mol. The average molecular weight is 491 g/mol. The number of alkyl halides is 1. The van der Waals surface area contributed by atoms with E-state index < -0.39 is 0 Å². The molecule has 0 unspecified atom stereocenters. The van der Waals surface area contributed by atoms with Crippen molar-refractivity contribution in [1.29, 1.82) is 0 Å². The topological polar surface area (TPSA) is 60.4 Å². The number of ether oxygens (including phenoxy) is 1. The quantitative estimate of drug-likeness (QED) is 0.191. The van der Waals surface area contributed by atoms with Gasteiger partial charge in [0.05, 0.1) is 0 Å². The number of rotatable bonds is 10. The maximum absolute atomic E-state index is 12.9. The molecule has 3 fully saturated rings. The summed E-state index contributed by atoms with van der Waals surface area (Å²) in [5, 5.41) is 0. The lowest BCUT2D eigenvalue weighted by Crippen LogP contribution is -2.53. The zero-order chi connectivity index (χ0) is 24.3. The van der Waals surface area contributed by atoms with Gasteiger partial charge in [0.2, 0.25) is 0 Å². The van der Waals surface area contributed by atoms with Crippen LogP contribution in [-0.4, -0.2) is 29.5 Å². The standard InChI is InChI=1S/C29H43ClO4/c1-19(31)34-25-18-22(32)17-21-16-20(10-8-6-4-3-5-7-9-15-30)27-23(28(21)25)13-14-29(2)24(27)11-12-26(29)33/h17,20,23-25,27-28H,3-16,18H2,1-2H3/t20-,23+,24+,25+,27-,28+,29+/m1/s1. The Balaban J connectivity index is 1.49. The Morgan fingerprint density at radius 1 is 1.06 bits per heavy atom. The Morgan fingerprint density at radius 3 is 2.47 bits per heavy atom. The van der Waals surface area contributed by atoms with Crippen molar-refractivity contribution in [2.45, 2.75) is 110 Å². The molecule has 0 radical (unpaired) electrons. The normalized spacial score (nSPS) is 37.0. The predicted octanol–water partition coefficient (Wildman–Crippen LogP) is 6.82. The van der Waals surface area contributed by atoms with Crippen LogP contribution in [0.3, 0.4) is 0 Å². The van der Waals surface area contributed by atoms with Gasteiger partial charge >= 0.3 is 5.97 Å². The molecule has 0 bridgehead atoms. The number of Topliss-reactive ketones (excluding diaryl/α,β-unsaturated/α-hetero) is 1. The molecule has 0 spiro atoms. The molecule has 0 heterocycles. The first kappa shape index (κ1) is 25.9. The summed E-state index contributed by atoms with van der Waals surface area (Å²) in [4.78, 5) is 37.3. The largest absolute Gasteiger partial charge is 0.461 e. The SMILES string of the molecule is CC(=O)O[C@H]1CC(=O)C=C2C[C@@H](CCCCCCCCCCl)[C@@H]3[C@H](CC[C@]4(C)C(=O)CC[C@@H]34)[C@H]21. The summed E-state index contributed by atoms with van der Waals surface area (Å²) in [6.07, 6.45) is 16.3. The second kappa shape index (κ2) is 11.3. The Morgan fingerprint density at radius 2 is 1.76 bits per heavy atom. The lowest BCUT2D eigenvalue weighted by atomic mass is 9.48. The molecule has 5 heteroatoms. The molecule has 7 atom stereocenters. The van der Waals surface area contributed by atoms with E-state index in [0.717, 1.165) is 44.4 Å². The molecule has 0 N–H and O–H groups in total. The van der Waals surface area contributed by atoms with Crippen LogP contribution in [0.15, 0.2) is 11.6 Å². The third-order valence-corrected chi connectivity index (χ3v) is 9.97. The van der Waals surface area contributed by atoms with Crippen molar-refractivity contribution in [3.63, 3.8) is 0 Å². The van der Waals surface area contributed by atoms with Gasteiger partial charge in [-0.25, -0.2) is 0 Å². The van der Waals surface area contributed by atoms with E-state index in [1.54, 1.807) is 0 Å². The number of esters is 1. The van der Waals surface area contributed by atoms with Gasteiger partial charge in [-0.05, 0) is 68.3 Å². The molecule has 34 heavy (non-hydrogen) atoms. The fourth-order valence-electron chi connectivity index (χ4n) is 8.21. The van der Waals surface area contributed by atoms with Gasteiger partial charge in [0.15, 0.2) is 5.78 Å². The van der Waals surface area contributed by atoms with Crippen molar-refractivity contribution in [3.05, 3.63) is 11.6 Å². The zero-order valence-corrected chi connectivity index (χ0v) is 21.9. The highest BCUT2D eigenvalue weighted by Gasteiger charge is 2.59. The number of hydrogen-bond acceptors (Lipinski definition) is 4. The molecule has 190 valence electrons. The van der Waals surface area contributed by atoms with Crippen LogP contribution in [0.5, 0.6) is 0 Å². The maximum atomic E-state index is 12.9. The van der Waals surface area contributed by atoms with Crippen LogP contribution in [-0.2, 0) is 19.1 Å². The molecular formula is C29H43ClO4. The van der Waals surface area contributed by atoms with Gasteiger partial charge in [-0.2, -0.15) is 0 Å². The van der Waals surface area contributed by atoms with E-state index in [4.69, 9.17) is 16.3 Å². The summed E-state index contributed by atoms with van der Waals surface area (Å²) in [5.41, 5.74) is 1.05. The molecule has 0 aromatic carbocycles. The second-order valence-electron chi connectivity index (χ2n) is 11.7. The van der Waals surface area contributed by atoms with Crippen LogP contribution in [0.2, 0.25) is 0 Å². The minimum atomic E-state index is -0.326. The van der Waals surface area contributed by atoms with E-state index in [9.17, 15) is 14.4 Å². The van der Waals surface area contributed by atoms with Crippen LogP contribution < -0.4 is 0 Å². The number of carbonyl (C=O) groups excluding carboxylic acids is 3. The minimum Gasteiger partial charge on any atom is -0.461 e. The number of unbranched alkanes of at least 4 members (excludes halogenated alkanes) is 6. The van der Waals surface area contributed by atoms with Crippen molar-refractivity contribution in [3.8, 4) is 0 Å². The van der Waals surface area contributed by atoms with Crippen LogP contribution in [0.25, 0.3) is 0 Å². The van der Waals surface area contributed by atoms with Gasteiger partial charge in [0.1, 0.15) is 11.9 Å². The smallest absolute Gasteiger partial charge is 0.302 e. The summed E-state index contributed by atoms with van der Waals surface area (Å²) >= 11 is 5.78. The summed E-state index contributed by atoms with van der Waals surface area (Å²) in [5.74, 6) is 3.09. The van der Waals surface area contributed by atoms with Crippen molar-refractivity contribution < 1.29 is 19.1 Å². The Labute approximate surface area is 210 Å². The Bertz CT molecular complexity index is 804. The molecule has 4 rings (SSSR count). The van der Waals surface area contributed by atoms with Gasteiger partial charge in [-0.15, -0.1) is 11.6 Å². The molecule has 0 saturated heterocycles. The summed E-state index contributed by atoms with van der Waals surface area (Å²) < 4.78 is 5.75. The van der Waals surface area contributed by atoms with E-state index in [-0.39, 0.29) is 29.2 Å². The first-order chi connectivity index (χ1) is 16.3. The van der Waals surface area contributed by atoms with Crippen molar-refractivity contribution in [1.82, 2.24) is 0 Å². The fourth-order valence-corrected chi connectivity index (χ4v) is 8.40. The third kappa shape index (κ3) is 5.32. The molecule has 0 amide bonds. The van der Waals surface area contributed by atoms with Gasteiger partial charge in [-0.3, -0.25) is 14.4 Å². The molecule has 4 nitrogen and oxygen atoms in total. The lowest BCUT2D eigenvalue weighted by molar-refractivity contribution is -0.155. The Kier molecular flexibility index (Phi) is 8.59. The summed E-state index contributed by atoms with van der Waals surface area (Å²) in [6, 6.07) is 0. The van der Waals surface area contributed by atoms with Crippen molar-refractivity contribution in [2.75, 3.05) is 5.88 Å². The van der Waals surface area contributed by atoms with Crippen LogP contribution in [0.4, 0.5) is 0 Å². The lowest BCUT2D eigenvalue weighted by Gasteiger charge is -2.56. The summed E-state index contributed by atoms with van der Waals surface area (Å²) in [6.45, 7) is 3.68. The van der Waals surface area contributed by atoms with Gasteiger partial charge in [0.25, 0.3) is 0 Å². The van der Waals surface area contributed by atoms with Gasteiger partial charge in [-0.1, -0.05) is 51.0 Å². The fraction of sp³-hybridized carbons (Fsp3) is 0.828. The highest BCUT2D eigenvalue weighted by Crippen LogP contribution is 2.63. The minimum absolute atomic E-state index is 0.100. The van der Waals surface area contributed by atoms with Crippen molar-refractivity contribution >= 4 is 29.1 Å². The molecule has 4 aliphatic carbocycles. The van der Waals surface area contributed by atoms with E-state index in [2.05, 4.69) is 6.92 Å². The van der Waals surface area contributed by atoms with E-state index in [1.165, 1.54) is 57.4 Å². The monoisotopic (exact) mass is 490 g/mol. The Hall–Kier alpha value is -1.16. The molecule has 3 saturated carbocycles. The van der Waals surface area contributed by atoms with Gasteiger partial charge in [0, 0.05) is 37.0 Å². The number of ketones is 2. The van der Waals surface area contributed by atoms with Crippen LogP contribution in [0, 0.1) is 35.0 Å². The number of carbonyl (C=O) groups is 3. The third-order valence-electron chi connectivity index (χ3n) is 9.70. The van der Waals surface area contributed by atoms with E-state index >= 15 is 0 Å². The first-order valence-electron chi connectivity index (χ1n) is 13.8. The van der Waals surface area contributed by atoms with Crippen molar-refractivity contribution in [2.24, 2.45) is 35.0 Å². The van der Waals surface area contributed by atoms with Crippen LogP contribution >= 0.6 is 11.6 Å². The van der Waals surface area contributed by atoms with Crippen LogP contribution in [0.1, 0.15) is 104 Å². The highest BCUT2D eigenvalue weighted by molar-refractivity contribution is 6.17. The van der Waals surface area contributed by atoms with Gasteiger partial charge < -0.3 is 4.74 Å². The summed E-state index contributed by atoms with van der Waals surface area (Å²) in [7, 11) is 0. The average Bonchev–Trinajstić information content (AvgIpc) is 3.09.